The molecule has 4 nitrogen and oxygen atoms in total. The van der Waals surface area contributed by atoms with E-state index in [1.165, 1.54) is 38.5 Å². The highest BCUT2D eigenvalue weighted by Gasteiger charge is 2.46. The van der Waals surface area contributed by atoms with E-state index in [4.69, 9.17) is 9.84 Å². The van der Waals surface area contributed by atoms with Crippen LogP contribution in [0.25, 0.3) is 0 Å². The Kier molecular flexibility index (Phi) is 4.05. The number of hydrogen-bond acceptors (Lipinski definition) is 3. The molecule has 0 bridgehead atoms. The van der Waals surface area contributed by atoms with E-state index in [2.05, 4.69) is 4.90 Å². The minimum atomic E-state index is -0.754. The van der Waals surface area contributed by atoms with Crippen LogP contribution in [-0.2, 0) is 9.53 Å². The molecule has 17 heavy (non-hydrogen) atoms. The Labute approximate surface area is 103 Å². The van der Waals surface area contributed by atoms with Gasteiger partial charge in [0.15, 0.2) is 0 Å². The fourth-order valence-electron chi connectivity index (χ4n) is 3.32. The third-order valence-corrected chi connectivity index (χ3v) is 4.29. The highest BCUT2D eigenvalue weighted by atomic mass is 16.5. The molecule has 2 aliphatic rings. The smallest absolute Gasteiger partial charge is 0.323 e. The topological polar surface area (TPSA) is 49.8 Å². The second kappa shape index (κ2) is 5.36. The van der Waals surface area contributed by atoms with Gasteiger partial charge in [0.25, 0.3) is 0 Å². The summed E-state index contributed by atoms with van der Waals surface area (Å²) in [6, 6.07) is -0.450. The van der Waals surface area contributed by atoms with Crippen molar-refractivity contribution in [2.45, 2.75) is 44.6 Å². The van der Waals surface area contributed by atoms with E-state index in [-0.39, 0.29) is 0 Å². The summed E-state index contributed by atoms with van der Waals surface area (Å²) >= 11 is 0. The van der Waals surface area contributed by atoms with E-state index in [0.29, 0.717) is 12.0 Å². The first-order valence-corrected chi connectivity index (χ1v) is 6.63. The summed E-state index contributed by atoms with van der Waals surface area (Å²) in [6.45, 7) is 2.20. The maximum atomic E-state index is 11.1. The number of nitrogens with zero attached hydrogens (tertiary/aromatic N) is 1. The SMILES string of the molecule is COCC(C(=O)O)N1CC2(CCCCCC2)C1. The maximum absolute atomic E-state index is 11.1. The zero-order chi connectivity index (χ0) is 12.3. The number of carboxylic acids is 1. The summed E-state index contributed by atoms with van der Waals surface area (Å²) in [5, 5.41) is 9.16. The molecule has 2 rings (SSSR count). The zero-order valence-corrected chi connectivity index (χ0v) is 10.7. The number of methoxy groups -OCH3 is 1. The van der Waals surface area contributed by atoms with E-state index >= 15 is 0 Å². The number of aliphatic carboxylic acids is 1. The standard InChI is InChI=1S/C13H23NO3/c1-17-8-11(12(15)16)14-9-13(10-14)6-4-2-3-5-7-13/h11H,2-10H2,1H3,(H,15,16). The summed E-state index contributed by atoms with van der Waals surface area (Å²) in [5.41, 5.74) is 0.429. The summed E-state index contributed by atoms with van der Waals surface area (Å²) in [7, 11) is 1.57. The summed E-state index contributed by atoms with van der Waals surface area (Å²) < 4.78 is 5.00. The van der Waals surface area contributed by atoms with Gasteiger partial charge in [-0.05, 0) is 18.3 Å². The molecule has 0 amide bonds. The molecule has 1 N–H and O–H groups in total. The van der Waals surface area contributed by atoms with Crippen molar-refractivity contribution in [2.24, 2.45) is 5.41 Å². The lowest BCUT2D eigenvalue weighted by molar-refractivity contribution is -0.153. The molecular formula is C13H23NO3. The molecular weight excluding hydrogens is 218 g/mol. The molecule has 2 fully saturated rings. The predicted molar refractivity (Wildman–Crippen MR) is 65.0 cm³/mol. The molecule has 1 atom stereocenters. The zero-order valence-electron chi connectivity index (χ0n) is 10.7. The van der Waals surface area contributed by atoms with Crippen LogP contribution >= 0.6 is 0 Å². The molecule has 1 spiro atoms. The van der Waals surface area contributed by atoms with Gasteiger partial charge in [-0.2, -0.15) is 0 Å². The van der Waals surface area contributed by atoms with Crippen molar-refractivity contribution in [1.82, 2.24) is 4.90 Å². The van der Waals surface area contributed by atoms with E-state index in [1.54, 1.807) is 7.11 Å². The summed E-state index contributed by atoms with van der Waals surface area (Å²) in [5.74, 6) is -0.754. The molecule has 1 unspecified atom stereocenters. The fraction of sp³-hybridized carbons (Fsp3) is 0.923. The van der Waals surface area contributed by atoms with Crippen LogP contribution in [0.5, 0.6) is 0 Å². The number of rotatable bonds is 4. The minimum Gasteiger partial charge on any atom is -0.480 e. The number of hydrogen-bond donors (Lipinski definition) is 1. The van der Waals surface area contributed by atoms with Gasteiger partial charge in [0.1, 0.15) is 6.04 Å². The second-order valence-electron chi connectivity index (χ2n) is 5.63. The van der Waals surface area contributed by atoms with Crippen LogP contribution in [0.1, 0.15) is 38.5 Å². The Hall–Kier alpha value is -0.610. The van der Waals surface area contributed by atoms with Crippen molar-refractivity contribution in [3.8, 4) is 0 Å². The molecule has 1 aliphatic carbocycles. The monoisotopic (exact) mass is 241 g/mol. The Balaban J connectivity index is 1.88. The van der Waals surface area contributed by atoms with Crippen molar-refractivity contribution in [3.05, 3.63) is 0 Å². The highest BCUT2D eigenvalue weighted by Crippen LogP contribution is 2.43. The average molecular weight is 241 g/mol. The quantitative estimate of drug-likeness (QED) is 0.814. The van der Waals surface area contributed by atoms with Gasteiger partial charge in [0.2, 0.25) is 0 Å². The molecule has 1 saturated heterocycles. The number of carbonyl (C=O) groups is 1. The van der Waals surface area contributed by atoms with Gasteiger partial charge in [-0.15, -0.1) is 0 Å². The van der Waals surface area contributed by atoms with Crippen LogP contribution in [0.2, 0.25) is 0 Å². The molecule has 0 radical (unpaired) electrons. The van der Waals surface area contributed by atoms with Crippen LogP contribution in [-0.4, -0.2) is 48.8 Å². The normalized spacial score (nSPS) is 26.2. The van der Waals surface area contributed by atoms with Gasteiger partial charge in [0.05, 0.1) is 6.61 Å². The lowest BCUT2D eigenvalue weighted by Crippen LogP contribution is -2.62. The lowest BCUT2D eigenvalue weighted by Gasteiger charge is -2.52. The number of carboxylic acid groups (broad SMARTS) is 1. The second-order valence-corrected chi connectivity index (χ2v) is 5.63. The first kappa shape index (κ1) is 12.8. The Bertz CT molecular complexity index is 264. The third-order valence-electron chi connectivity index (χ3n) is 4.29. The molecule has 0 aromatic carbocycles. The van der Waals surface area contributed by atoms with Crippen LogP contribution in [0.3, 0.4) is 0 Å². The highest BCUT2D eigenvalue weighted by molar-refractivity contribution is 5.73. The maximum Gasteiger partial charge on any atom is 0.323 e. The minimum absolute atomic E-state index is 0.297. The summed E-state index contributed by atoms with van der Waals surface area (Å²) in [4.78, 5) is 13.2. The van der Waals surface area contributed by atoms with Gasteiger partial charge in [-0.3, -0.25) is 9.69 Å². The van der Waals surface area contributed by atoms with E-state index < -0.39 is 12.0 Å². The van der Waals surface area contributed by atoms with Gasteiger partial charge >= 0.3 is 5.97 Å². The van der Waals surface area contributed by atoms with Crippen LogP contribution < -0.4 is 0 Å². The summed E-state index contributed by atoms with van der Waals surface area (Å²) in [6.07, 6.45) is 7.89. The molecule has 1 aliphatic heterocycles. The Morgan fingerprint density at radius 2 is 1.88 bits per heavy atom. The first-order valence-electron chi connectivity index (χ1n) is 6.63. The third kappa shape index (κ3) is 2.80. The van der Waals surface area contributed by atoms with E-state index in [0.717, 1.165) is 13.1 Å². The van der Waals surface area contributed by atoms with Crippen molar-refractivity contribution in [3.63, 3.8) is 0 Å². The van der Waals surface area contributed by atoms with Crippen molar-refractivity contribution >= 4 is 5.97 Å². The van der Waals surface area contributed by atoms with Gasteiger partial charge in [0, 0.05) is 20.2 Å². The fourth-order valence-corrected chi connectivity index (χ4v) is 3.32. The van der Waals surface area contributed by atoms with Crippen molar-refractivity contribution in [2.75, 3.05) is 26.8 Å². The van der Waals surface area contributed by atoms with Crippen molar-refractivity contribution in [1.29, 1.82) is 0 Å². The van der Waals surface area contributed by atoms with E-state index in [1.807, 2.05) is 0 Å². The first-order chi connectivity index (χ1) is 8.17. The van der Waals surface area contributed by atoms with Gasteiger partial charge in [-0.25, -0.2) is 0 Å². The average Bonchev–Trinajstić information content (AvgIpc) is 2.49. The molecule has 1 heterocycles. The molecule has 4 heteroatoms. The molecule has 1 saturated carbocycles. The van der Waals surface area contributed by atoms with E-state index in [9.17, 15) is 4.79 Å². The molecule has 0 aromatic rings. The lowest BCUT2D eigenvalue weighted by atomic mass is 9.73. The van der Waals surface area contributed by atoms with Gasteiger partial charge < -0.3 is 9.84 Å². The number of ether oxygens (including phenoxy) is 1. The van der Waals surface area contributed by atoms with Gasteiger partial charge in [-0.1, -0.05) is 25.7 Å². The Morgan fingerprint density at radius 3 is 2.35 bits per heavy atom. The largest absolute Gasteiger partial charge is 0.480 e. The van der Waals surface area contributed by atoms with Crippen LogP contribution in [0.15, 0.2) is 0 Å². The molecule has 98 valence electrons. The number of likely N-dealkylation sites (tertiary alicyclic amines) is 1. The Morgan fingerprint density at radius 1 is 1.29 bits per heavy atom. The van der Waals surface area contributed by atoms with Crippen LogP contribution in [0, 0.1) is 5.41 Å². The van der Waals surface area contributed by atoms with Crippen molar-refractivity contribution < 1.29 is 14.6 Å². The predicted octanol–water partition coefficient (Wildman–Crippen LogP) is 1.74. The van der Waals surface area contributed by atoms with Crippen LogP contribution in [0.4, 0.5) is 0 Å². The molecule has 0 aromatic heterocycles.